The maximum absolute atomic E-state index is 3.52. The number of aryl methyl sites for hydroxylation is 1. The molecule has 14 heavy (non-hydrogen) atoms. The van der Waals surface area contributed by atoms with Crippen LogP contribution in [0.2, 0.25) is 0 Å². The van der Waals surface area contributed by atoms with Crippen LogP contribution in [-0.4, -0.2) is 25.7 Å². The molecule has 1 aromatic rings. The normalized spacial score (nSPS) is 22.2. The molecule has 1 aliphatic rings. The number of hydrogen-bond donors (Lipinski definition) is 2. The molecule has 0 saturated carbocycles. The van der Waals surface area contributed by atoms with Crippen LogP contribution in [0.5, 0.6) is 0 Å². The van der Waals surface area contributed by atoms with Gasteiger partial charge in [-0.1, -0.05) is 29.8 Å². The number of piperazine rings is 1. The monoisotopic (exact) mass is 190 g/mol. The van der Waals surface area contributed by atoms with E-state index >= 15 is 0 Å². The molecule has 1 unspecified atom stereocenters. The summed E-state index contributed by atoms with van der Waals surface area (Å²) in [4.78, 5) is 0. The smallest absolute Gasteiger partial charge is 0.0233 e. The maximum Gasteiger partial charge on any atom is 0.0233 e. The third-order valence-electron chi connectivity index (χ3n) is 2.69. The second kappa shape index (κ2) is 4.58. The molecular formula is C12H18N2. The summed E-state index contributed by atoms with van der Waals surface area (Å²) in [5.41, 5.74) is 2.79. The molecule has 1 saturated heterocycles. The Morgan fingerprint density at radius 3 is 3.00 bits per heavy atom. The summed E-state index contributed by atoms with van der Waals surface area (Å²) in [5, 5.41) is 6.93. The van der Waals surface area contributed by atoms with Gasteiger partial charge in [-0.2, -0.15) is 0 Å². The highest BCUT2D eigenvalue weighted by atomic mass is 15.0. The first-order chi connectivity index (χ1) is 6.84. The van der Waals surface area contributed by atoms with Gasteiger partial charge in [0.2, 0.25) is 0 Å². The first-order valence-corrected chi connectivity index (χ1v) is 5.34. The SMILES string of the molecule is Cc1cccc(CC2CNCCN2)c1. The van der Waals surface area contributed by atoms with Gasteiger partial charge in [-0.05, 0) is 18.9 Å². The molecule has 0 bridgehead atoms. The molecule has 0 amide bonds. The van der Waals surface area contributed by atoms with Gasteiger partial charge in [-0.15, -0.1) is 0 Å². The summed E-state index contributed by atoms with van der Waals surface area (Å²) in [7, 11) is 0. The third kappa shape index (κ3) is 2.56. The fraction of sp³-hybridized carbons (Fsp3) is 0.500. The van der Waals surface area contributed by atoms with Crippen LogP contribution in [0.3, 0.4) is 0 Å². The van der Waals surface area contributed by atoms with Gasteiger partial charge in [-0.3, -0.25) is 0 Å². The van der Waals surface area contributed by atoms with Crippen molar-refractivity contribution in [3.05, 3.63) is 35.4 Å². The highest BCUT2D eigenvalue weighted by Crippen LogP contribution is 2.07. The van der Waals surface area contributed by atoms with Crippen LogP contribution in [-0.2, 0) is 6.42 Å². The summed E-state index contributed by atoms with van der Waals surface area (Å²) in [5.74, 6) is 0. The van der Waals surface area contributed by atoms with Gasteiger partial charge in [0, 0.05) is 25.7 Å². The van der Waals surface area contributed by atoms with Gasteiger partial charge in [0.05, 0.1) is 0 Å². The molecule has 0 aliphatic carbocycles. The molecule has 0 spiro atoms. The zero-order valence-electron chi connectivity index (χ0n) is 8.72. The summed E-state index contributed by atoms with van der Waals surface area (Å²) in [6.45, 7) is 5.44. The van der Waals surface area contributed by atoms with Gasteiger partial charge >= 0.3 is 0 Å². The predicted octanol–water partition coefficient (Wildman–Crippen LogP) is 1.10. The quantitative estimate of drug-likeness (QED) is 0.729. The van der Waals surface area contributed by atoms with Crippen molar-refractivity contribution in [2.24, 2.45) is 0 Å². The Morgan fingerprint density at radius 1 is 1.36 bits per heavy atom. The van der Waals surface area contributed by atoms with Crippen molar-refractivity contribution in [2.45, 2.75) is 19.4 Å². The van der Waals surface area contributed by atoms with Crippen molar-refractivity contribution in [3.8, 4) is 0 Å². The summed E-state index contributed by atoms with van der Waals surface area (Å²) >= 11 is 0. The van der Waals surface area contributed by atoms with E-state index in [9.17, 15) is 0 Å². The van der Waals surface area contributed by atoms with Gasteiger partial charge in [0.25, 0.3) is 0 Å². The van der Waals surface area contributed by atoms with E-state index in [2.05, 4.69) is 41.8 Å². The van der Waals surface area contributed by atoms with E-state index in [-0.39, 0.29) is 0 Å². The molecule has 0 radical (unpaired) electrons. The molecule has 1 fully saturated rings. The van der Waals surface area contributed by atoms with Crippen LogP contribution >= 0.6 is 0 Å². The third-order valence-corrected chi connectivity index (χ3v) is 2.69. The number of hydrogen-bond acceptors (Lipinski definition) is 2. The van der Waals surface area contributed by atoms with Crippen molar-refractivity contribution in [3.63, 3.8) is 0 Å². The molecule has 2 N–H and O–H groups in total. The molecule has 1 heterocycles. The van der Waals surface area contributed by atoms with Gasteiger partial charge in [0.1, 0.15) is 0 Å². The lowest BCUT2D eigenvalue weighted by Crippen LogP contribution is -2.49. The van der Waals surface area contributed by atoms with E-state index in [1.165, 1.54) is 11.1 Å². The Balaban J connectivity index is 1.95. The van der Waals surface area contributed by atoms with E-state index in [4.69, 9.17) is 0 Å². The van der Waals surface area contributed by atoms with Crippen LogP contribution in [0.15, 0.2) is 24.3 Å². The Bertz CT molecular complexity index is 290. The number of nitrogens with one attached hydrogen (secondary N) is 2. The first kappa shape index (κ1) is 9.69. The number of rotatable bonds is 2. The molecule has 1 atom stereocenters. The Labute approximate surface area is 85.7 Å². The molecule has 1 aromatic carbocycles. The van der Waals surface area contributed by atoms with E-state index in [1.807, 2.05) is 0 Å². The van der Waals surface area contributed by atoms with Crippen molar-refractivity contribution < 1.29 is 0 Å². The fourth-order valence-corrected chi connectivity index (χ4v) is 1.98. The topological polar surface area (TPSA) is 24.1 Å². The number of benzene rings is 1. The Morgan fingerprint density at radius 2 is 2.29 bits per heavy atom. The second-order valence-electron chi connectivity index (χ2n) is 4.05. The van der Waals surface area contributed by atoms with E-state index < -0.39 is 0 Å². The molecule has 1 aliphatic heterocycles. The standard InChI is InChI=1S/C12H18N2/c1-10-3-2-4-11(7-10)8-12-9-13-5-6-14-12/h2-4,7,12-14H,5-6,8-9H2,1H3. The van der Waals surface area contributed by atoms with Crippen LogP contribution < -0.4 is 10.6 Å². The van der Waals surface area contributed by atoms with Crippen LogP contribution in [0.1, 0.15) is 11.1 Å². The lowest BCUT2D eigenvalue weighted by Gasteiger charge is -2.24. The highest BCUT2D eigenvalue weighted by Gasteiger charge is 2.11. The van der Waals surface area contributed by atoms with E-state index in [0.717, 1.165) is 26.1 Å². The van der Waals surface area contributed by atoms with E-state index in [0.29, 0.717) is 6.04 Å². The fourth-order valence-electron chi connectivity index (χ4n) is 1.98. The average Bonchev–Trinajstić information content (AvgIpc) is 2.19. The van der Waals surface area contributed by atoms with Crippen molar-refractivity contribution >= 4 is 0 Å². The summed E-state index contributed by atoms with van der Waals surface area (Å²) < 4.78 is 0. The van der Waals surface area contributed by atoms with Gasteiger partial charge < -0.3 is 10.6 Å². The largest absolute Gasteiger partial charge is 0.314 e. The van der Waals surface area contributed by atoms with Crippen LogP contribution in [0.25, 0.3) is 0 Å². The minimum atomic E-state index is 0.602. The van der Waals surface area contributed by atoms with Gasteiger partial charge in [-0.25, -0.2) is 0 Å². The second-order valence-corrected chi connectivity index (χ2v) is 4.05. The predicted molar refractivity (Wildman–Crippen MR) is 59.5 cm³/mol. The highest BCUT2D eigenvalue weighted by molar-refractivity contribution is 5.23. The van der Waals surface area contributed by atoms with E-state index in [1.54, 1.807) is 0 Å². The van der Waals surface area contributed by atoms with Gasteiger partial charge in [0.15, 0.2) is 0 Å². The Kier molecular flexibility index (Phi) is 3.17. The molecule has 2 heteroatoms. The zero-order chi connectivity index (χ0) is 9.80. The lowest BCUT2D eigenvalue weighted by atomic mass is 10.0. The van der Waals surface area contributed by atoms with Crippen molar-refractivity contribution in [1.29, 1.82) is 0 Å². The molecule has 76 valence electrons. The minimum Gasteiger partial charge on any atom is -0.314 e. The summed E-state index contributed by atoms with van der Waals surface area (Å²) in [6, 6.07) is 9.38. The molecular weight excluding hydrogens is 172 g/mol. The van der Waals surface area contributed by atoms with Crippen molar-refractivity contribution in [1.82, 2.24) is 10.6 Å². The molecule has 2 nitrogen and oxygen atoms in total. The summed E-state index contributed by atoms with van der Waals surface area (Å²) in [6.07, 6.45) is 1.13. The van der Waals surface area contributed by atoms with Crippen LogP contribution in [0.4, 0.5) is 0 Å². The maximum atomic E-state index is 3.52. The minimum absolute atomic E-state index is 0.602. The van der Waals surface area contributed by atoms with Crippen molar-refractivity contribution in [2.75, 3.05) is 19.6 Å². The zero-order valence-corrected chi connectivity index (χ0v) is 8.72. The molecule has 2 rings (SSSR count). The Hall–Kier alpha value is -0.860. The first-order valence-electron chi connectivity index (χ1n) is 5.34. The lowest BCUT2D eigenvalue weighted by molar-refractivity contribution is 0.416. The van der Waals surface area contributed by atoms with Crippen LogP contribution in [0, 0.1) is 6.92 Å². The average molecular weight is 190 g/mol. The molecule has 0 aromatic heterocycles.